The number of hydrogen-bond acceptors (Lipinski definition) is 3. The van der Waals surface area contributed by atoms with Crippen LogP contribution in [0.25, 0.3) is 0 Å². The third-order valence-electron chi connectivity index (χ3n) is 2.28. The number of rotatable bonds is 5. The van der Waals surface area contributed by atoms with Gasteiger partial charge >= 0.3 is 0 Å². The quantitative estimate of drug-likeness (QED) is 0.753. The second kappa shape index (κ2) is 6.16. The summed E-state index contributed by atoms with van der Waals surface area (Å²) < 4.78 is 0. The molecule has 2 nitrogen and oxygen atoms in total. The monoisotopic (exact) mass is 225 g/mol. The van der Waals surface area contributed by atoms with Crippen molar-refractivity contribution in [1.82, 2.24) is 5.32 Å². The van der Waals surface area contributed by atoms with E-state index in [-0.39, 0.29) is 11.9 Å². The first-order chi connectivity index (χ1) is 7.17. The lowest BCUT2D eigenvalue weighted by atomic mass is 10.1. The van der Waals surface area contributed by atoms with Gasteiger partial charge in [-0.15, -0.1) is 11.8 Å². The van der Waals surface area contributed by atoms with Gasteiger partial charge in [0.2, 0.25) is 0 Å². The van der Waals surface area contributed by atoms with Crippen LogP contribution in [0, 0.1) is 6.92 Å². The molecule has 1 aromatic carbocycles. The van der Waals surface area contributed by atoms with Gasteiger partial charge in [-0.3, -0.25) is 0 Å². The van der Waals surface area contributed by atoms with Crippen molar-refractivity contribution in [2.24, 2.45) is 0 Å². The number of benzene rings is 1. The van der Waals surface area contributed by atoms with Gasteiger partial charge in [-0.1, -0.05) is 13.0 Å². The van der Waals surface area contributed by atoms with E-state index >= 15 is 0 Å². The summed E-state index contributed by atoms with van der Waals surface area (Å²) in [6.45, 7) is 5.29. The number of aliphatic hydroxyl groups excluding tert-OH is 1. The zero-order valence-corrected chi connectivity index (χ0v) is 10.4. The smallest absolute Gasteiger partial charge is 0.0550 e. The van der Waals surface area contributed by atoms with Crippen LogP contribution in [0.15, 0.2) is 23.1 Å². The Morgan fingerprint density at radius 1 is 1.47 bits per heavy atom. The average molecular weight is 225 g/mol. The third kappa shape index (κ3) is 3.86. The molecule has 0 amide bonds. The lowest BCUT2D eigenvalue weighted by Crippen LogP contribution is -2.06. The van der Waals surface area contributed by atoms with E-state index in [9.17, 15) is 0 Å². The number of thioether (sulfide) groups is 1. The van der Waals surface area contributed by atoms with E-state index in [4.69, 9.17) is 5.11 Å². The predicted octanol–water partition coefficient (Wildman–Crippen LogP) is 2.19. The Kier molecular flexibility index (Phi) is 5.15. The second-order valence-electron chi connectivity index (χ2n) is 3.73. The maximum atomic E-state index is 8.97. The van der Waals surface area contributed by atoms with E-state index in [1.807, 2.05) is 14.0 Å². The zero-order valence-electron chi connectivity index (χ0n) is 9.58. The van der Waals surface area contributed by atoms with E-state index in [1.165, 1.54) is 16.0 Å². The molecule has 0 fully saturated rings. The maximum Gasteiger partial charge on any atom is 0.0550 e. The second-order valence-corrected chi connectivity index (χ2v) is 5.24. The minimum atomic E-state index is 0.224. The predicted molar refractivity (Wildman–Crippen MR) is 66.3 cm³/mol. The average Bonchev–Trinajstić information content (AvgIpc) is 2.22. The lowest BCUT2D eigenvalue weighted by molar-refractivity contribution is 0.300. The van der Waals surface area contributed by atoms with Gasteiger partial charge in [0.1, 0.15) is 0 Å². The molecule has 0 radical (unpaired) electrons. The lowest BCUT2D eigenvalue weighted by Gasteiger charge is -2.10. The van der Waals surface area contributed by atoms with E-state index < -0.39 is 0 Å². The molecule has 0 heterocycles. The minimum Gasteiger partial charge on any atom is -0.395 e. The molecule has 1 atom stereocenters. The molecule has 0 aliphatic carbocycles. The molecule has 0 saturated heterocycles. The summed E-state index contributed by atoms with van der Waals surface area (Å²) in [6.07, 6.45) is 0. The molecule has 3 heteroatoms. The van der Waals surface area contributed by atoms with Crippen molar-refractivity contribution in [2.45, 2.75) is 30.5 Å². The molecule has 0 spiro atoms. The highest BCUT2D eigenvalue weighted by molar-refractivity contribution is 8.00. The summed E-state index contributed by atoms with van der Waals surface area (Å²) in [5, 5.41) is 12.4. The minimum absolute atomic E-state index is 0.224. The number of hydrogen-bond donors (Lipinski definition) is 2. The zero-order chi connectivity index (χ0) is 11.3. The molecular weight excluding hydrogens is 206 g/mol. The van der Waals surface area contributed by atoms with E-state index in [2.05, 4.69) is 30.4 Å². The van der Waals surface area contributed by atoms with Crippen molar-refractivity contribution in [1.29, 1.82) is 0 Å². The highest BCUT2D eigenvalue weighted by atomic mass is 32.2. The fourth-order valence-corrected chi connectivity index (χ4v) is 2.33. The Hall–Kier alpha value is -0.510. The molecule has 1 aromatic rings. The Labute approximate surface area is 96.1 Å². The van der Waals surface area contributed by atoms with Crippen LogP contribution < -0.4 is 5.32 Å². The van der Waals surface area contributed by atoms with Gasteiger partial charge in [0, 0.05) is 16.7 Å². The van der Waals surface area contributed by atoms with Gasteiger partial charge in [-0.05, 0) is 37.2 Å². The highest BCUT2D eigenvalue weighted by Crippen LogP contribution is 2.25. The molecule has 0 aromatic heterocycles. The van der Waals surface area contributed by atoms with Crippen LogP contribution in [0.4, 0.5) is 0 Å². The fraction of sp³-hybridized carbons (Fsp3) is 0.500. The van der Waals surface area contributed by atoms with E-state index in [0.29, 0.717) is 0 Å². The van der Waals surface area contributed by atoms with Gasteiger partial charge in [0.05, 0.1) is 6.61 Å². The first kappa shape index (κ1) is 12.6. The van der Waals surface area contributed by atoms with Crippen LogP contribution in [0.3, 0.4) is 0 Å². The molecule has 0 aliphatic heterocycles. The van der Waals surface area contributed by atoms with Crippen LogP contribution >= 0.6 is 11.8 Å². The van der Waals surface area contributed by atoms with Crippen molar-refractivity contribution in [3.8, 4) is 0 Å². The molecule has 15 heavy (non-hydrogen) atoms. The van der Waals surface area contributed by atoms with Gasteiger partial charge in [0.25, 0.3) is 0 Å². The fourth-order valence-electron chi connectivity index (χ4n) is 1.40. The summed E-state index contributed by atoms with van der Waals surface area (Å²) in [5.74, 6) is 0. The van der Waals surface area contributed by atoms with Crippen molar-refractivity contribution in [3.63, 3.8) is 0 Å². The van der Waals surface area contributed by atoms with Gasteiger partial charge < -0.3 is 10.4 Å². The molecule has 0 bridgehead atoms. The third-order valence-corrected chi connectivity index (χ3v) is 3.35. The van der Waals surface area contributed by atoms with Gasteiger partial charge in [0.15, 0.2) is 0 Å². The molecule has 0 aliphatic rings. The Morgan fingerprint density at radius 2 is 2.20 bits per heavy atom. The molecule has 2 N–H and O–H groups in total. The largest absolute Gasteiger partial charge is 0.395 e. The first-order valence-corrected chi connectivity index (χ1v) is 6.07. The van der Waals surface area contributed by atoms with Crippen LogP contribution in [0.1, 0.15) is 18.1 Å². The van der Waals surface area contributed by atoms with Crippen LogP contribution in [-0.4, -0.2) is 24.0 Å². The molecule has 0 saturated carbocycles. The number of nitrogens with one attached hydrogen (secondary N) is 1. The molecule has 84 valence electrons. The van der Waals surface area contributed by atoms with Crippen molar-refractivity contribution in [3.05, 3.63) is 29.3 Å². The van der Waals surface area contributed by atoms with Crippen molar-refractivity contribution >= 4 is 11.8 Å². The highest BCUT2D eigenvalue weighted by Gasteiger charge is 2.04. The summed E-state index contributed by atoms with van der Waals surface area (Å²) in [4.78, 5) is 1.23. The summed E-state index contributed by atoms with van der Waals surface area (Å²) in [6, 6.07) is 6.46. The van der Waals surface area contributed by atoms with Crippen molar-refractivity contribution < 1.29 is 5.11 Å². The van der Waals surface area contributed by atoms with Crippen LogP contribution in [0.2, 0.25) is 0 Å². The van der Waals surface area contributed by atoms with E-state index in [1.54, 1.807) is 11.8 Å². The summed E-state index contributed by atoms with van der Waals surface area (Å²) >= 11 is 1.71. The van der Waals surface area contributed by atoms with Crippen LogP contribution in [-0.2, 0) is 6.54 Å². The van der Waals surface area contributed by atoms with E-state index in [0.717, 1.165) is 6.54 Å². The standard InChI is InChI=1S/C12H19NOS/c1-9-6-12(15-10(2)8-14)5-4-11(9)7-13-3/h4-6,10,13-14H,7-8H2,1-3H3. The maximum absolute atomic E-state index is 8.97. The Bertz CT molecular complexity index is 314. The van der Waals surface area contributed by atoms with Gasteiger partial charge in [-0.25, -0.2) is 0 Å². The molecule has 1 unspecified atom stereocenters. The number of aryl methyl sites for hydroxylation is 1. The number of aliphatic hydroxyl groups is 1. The summed E-state index contributed by atoms with van der Waals surface area (Å²) in [5.41, 5.74) is 2.64. The van der Waals surface area contributed by atoms with Crippen LogP contribution in [0.5, 0.6) is 0 Å². The normalized spacial score (nSPS) is 12.8. The Balaban J connectivity index is 2.73. The van der Waals surface area contributed by atoms with Gasteiger partial charge in [-0.2, -0.15) is 0 Å². The topological polar surface area (TPSA) is 32.3 Å². The van der Waals surface area contributed by atoms with Crippen molar-refractivity contribution in [2.75, 3.05) is 13.7 Å². The molecule has 1 rings (SSSR count). The molecular formula is C12H19NOS. The SMILES string of the molecule is CNCc1ccc(SC(C)CO)cc1C. The first-order valence-electron chi connectivity index (χ1n) is 5.19. The summed E-state index contributed by atoms with van der Waals surface area (Å²) in [7, 11) is 1.95. The Morgan fingerprint density at radius 3 is 2.73 bits per heavy atom.